The number of hydrogen-bond donors (Lipinski definition) is 0. The van der Waals surface area contributed by atoms with Crippen LogP contribution in [0, 0.1) is 11.6 Å². The first-order valence-corrected chi connectivity index (χ1v) is 5.53. The van der Waals surface area contributed by atoms with E-state index in [-0.39, 0.29) is 17.1 Å². The van der Waals surface area contributed by atoms with E-state index in [9.17, 15) is 13.6 Å². The molecule has 0 saturated carbocycles. The molecule has 0 aromatic heterocycles. The average Bonchev–Trinajstić information content (AvgIpc) is 2.22. The SMILES string of the molecule is CCOC(=O)c1ccc(SC)c(F)c1F. The van der Waals surface area contributed by atoms with Crippen molar-refractivity contribution in [2.24, 2.45) is 0 Å². The molecule has 0 aliphatic rings. The molecule has 0 saturated heterocycles. The molecular weight excluding hydrogens is 222 g/mol. The number of hydrogen-bond acceptors (Lipinski definition) is 3. The molecule has 1 aromatic rings. The summed E-state index contributed by atoms with van der Waals surface area (Å²) < 4.78 is 31.2. The van der Waals surface area contributed by atoms with E-state index in [0.29, 0.717) is 0 Å². The van der Waals surface area contributed by atoms with E-state index in [0.717, 1.165) is 11.8 Å². The summed E-state index contributed by atoms with van der Waals surface area (Å²) in [7, 11) is 0. The van der Waals surface area contributed by atoms with Crippen LogP contribution in [0.15, 0.2) is 17.0 Å². The highest BCUT2D eigenvalue weighted by Crippen LogP contribution is 2.23. The molecule has 5 heteroatoms. The van der Waals surface area contributed by atoms with Gasteiger partial charge < -0.3 is 4.74 Å². The molecule has 0 amide bonds. The summed E-state index contributed by atoms with van der Waals surface area (Å²) in [5.41, 5.74) is -0.368. The van der Waals surface area contributed by atoms with Gasteiger partial charge in [-0.1, -0.05) is 0 Å². The molecule has 0 bridgehead atoms. The van der Waals surface area contributed by atoms with Gasteiger partial charge in [-0.15, -0.1) is 11.8 Å². The largest absolute Gasteiger partial charge is 0.462 e. The zero-order valence-corrected chi connectivity index (χ0v) is 9.16. The minimum absolute atomic E-state index is 0.129. The second kappa shape index (κ2) is 5.11. The zero-order valence-electron chi connectivity index (χ0n) is 8.34. The summed E-state index contributed by atoms with van der Waals surface area (Å²) in [5, 5.41) is 0. The first kappa shape index (κ1) is 12.0. The van der Waals surface area contributed by atoms with Gasteiger partial charge in [-0.05, 0) is 25.3 Å². The predicted molar refractivity (Wildman–Crippen MR) is 54.1 cm³/mol. The van der Waals surface area contributed by atoms with E-state index in [4.69, 9.17) is 0 Å². The van der Waals surface area contributed by atoms with Crippen LogP contribution < -0.4 is 0 Å². The monoisotopic (exact) mass is 232 g/mol. The molecule has 0 aliphatic heterocycles. The van der Waals surface area contributed by atoms with Crippen molar-refractivity contribution >= 4 is 17.7 Å². The van der Waals surface area contributed by atoms with Gasteiger partial charge in [0, 0.05) is 4.90 Å². The number of carbonyl (C=O) groups is 1. The van der Waals surface area contributed by atoms with Crippen LogP contribution >= 0.6 is 11.8 Å². The molecule has 0 radical (unpaired) electrons. The zero-order chi connectivity index (χ0) is 11.4. The highest BCUT2D eigenvalue weighted by molar-refractivity contribution is 7.98. The summed E-state index contributed by atoms with van der Waals surface area (Å²) >= 11 is 1.08. The summed E-state index contributed by atoms with van der Waals surface area (Å²) in [6.07, 6.45) is 1.63. The van der Waals surface area contributed by atoms with Gasteiger partial charge in [0.2, 0.25) is 0 Å². The van der Waals surface area contributed by atoms with E-state index >= 15 is 0 Å². The first-order valence-electron chi connectivity index (χ1n) is 4.31. The highest BCUT2D eigenvalue weighted by Gasteiger charge is 2.18. The lowest BCUT2D eigenvalue weighted by molar-refractivity contribution is 0.0519. The summed E-state index contributed by atoms with van der Waals surface area (Å²) in [4.78, 5) is 11.3. The highest BCUT2D eigenvalue weighted by atomic mass is 32.2. The van der Waals surface area contributed by atoms with Crippen molar-refractivity contribution in [2.75, 3.05) is 12.9 Å². The third-order valence-electron chi connectivity index (χ3n) is 1.76. The van der Waals surface area contributed by atoms with Gasteiger partial charge in [0.25, 0.3) is 0 Å². The Morgan fingerprint density at radius 3 is 2.60 bits per heavy atom. The number of halogens is 2. The molecule has 1 aromatic carbocycles. The van der Waals surface area contributed by atoms with Gasteiger partial charge in [-0.3, -0.25) is 0 Å². The lowest BCUT2D eigenvalue weighted by atomic mass is 10.2. The number of thioether (sulfide) groups is 1. The maximum atomic E-state index is 13.3. The lowest BCUT2D eigenvalue weighted by Gasteiger charge is -2.05. The van der Waals surface area contributed by atoms with Gasteiger partial charge in [-0.25, -0.2) is 13.6 Å². The van der Waals surface area contributed by atoms with E-state index in [1.807, 2.05) is 0 Å². The van der Waals surface area contributed by atoms with Crippen molar-refractivity contribution in [3.05, 3.63) is 29.3 Å². The number of carbonyl (C=O) groups excluding carboxylic acids is 1. The molecule has 0 N–H and O–H groups in total. The Morgan fingerprint density at radius 1 is 1.40 bits per heavy atom. The third-order valence-corrected chi connectivity index (χ3v) is 2.52. The summed E-state index contributed by atoms with van der Waals surface area (Å²) in [6.45, 7) is 1.73. The van der Waals surface area contributed by atoms with Crippen molar-refractivity contribution in [2.45, 2.75) is 11.8 Å². The Labute approximate surface area is 90.6 Å². The molecule has 0 unspecified atom stereocenters. The molecule has 2 nitrogen and oxygen atoms in total. The molecule has 0 spiro atoms. The maximum absolute atomic E-state index is 13.3. The molecule has 0 heterocycles. The number of rotatable bonds is 3. The molecule has 1 rings (SSSR count). The Bertz CT molecular complexity index is 380. The molecular formula is C10H10F2O2S. The fourth-order valence-corrected chi connectivity index (χ4v) is 1.53. The predicted octanol–water partition coefficient (Wildman–Crippen LogP) is 2.86. The van der Waals surface area contributed by atoms with E-state index in [1.54, 1.807) is 13.2 Å². The van der Waals surface area contributed by atoms with Gasteiger partial charge in [0.05, 0.1) is 12.2 Å². The van der Waals surface area contributed by atoms with Crippen LogP contribution in [0.1, 0.15) is 17.3 Å². The van der Waals surface area contributed by atoms with Crippen LogP contribution in [0.5, 0.6) is 0 Å². The topological polar surface area (TPSA) is 26.3 Å². The average molecular weight is 232 g/mol. The van der Waals surface area contributed by atoms with Gasteiger partial charge in [-0.2, -0.15) is 0 Å². The van der Waals surface area contributed by atoms with Gasteiger partial charge >= 0.3 is 5.97 Å². The van der Waals surface area contributed by atoms with Crippen LogP contribution in [-0.4, -0.2) is 18.8 Å². The molecule has 82 valence electrons. The molecule has 15 heavy (non-hydrogen) atoms. The minimum Gasteiger partial charge on any atom is -0.462 e. The Morgan fingerprint density at radius 2 is 2.07 bits per heavy atom. The lowest BCUT2D eigenvalue weighted by Crippen LogP contribution is -2.08. The number of esters is 1. The first-order chi connectivity index (χ1) is 7.11. The van der Waals surface area contributed by atoms with Crippen molar-refractivity contribution in [1.29, 1.82) is 0 Å². The quantitative estimate of drug-likeness (QED) is 0.592. The number of ether oxygens (including phenoxy) is 1. The van der Waals surface area contributed by atoms with Gasteiger partial charge in [0.1, 0.15) is 0 Å². The van der Waals surface area contributed by atoms with Crippen molar-refractivity contribution < 1.29 is 18.3 Å². The van der Waals surface area contributed by atoms with E-state index < -0.39 is 17.6 Å². The minimum atomic E-state index is -1.15. The van der Waals surface area contributed by atoms with Crippen molar-refractivity contribution in [3.8, 4) is 0 Å². The normalized spacial score (nSPS) is 10.1. The van der Waals surface area contributed by atoms with Crippen LogP contribution in [0.2, 0.25) is 0 Å². The Kier molecular flexibility index (Phi) is 4.08. The van der Waals surface area contributed by atoms with E-state index in [1.165, 1.54) is 12.1 Å². The standard InChI is InChI=1S/C10H10F2O2S/c1-3-14-10(13)6-4-5-7(15-2)9(12)8(6)11/h4-5H,3H2,1-2H3. The van der Waals surface area contributed by atoms with Gasteiger partial charge in [0.15, 0.2) is 11.6 Å². The fourth-order valence-electron chi connectivity index (χ4n) is 1.06. The summed E-state index contributed by atoms with van der Waals surface area (Å²) in [6, 6.07) is 2.58. The third kappa shape index (κ3) is 2.47. The summed E-state index contributed by atoms with van der Waals surface area (Å²) in [5.74, 6) is -3.00. The second-order valence-corrected chi connectivity index (χ2v) is 3.51. The van der Waals surface area contributed by atoms with Crippen molar-refractivity contribution in [3.63, 3.8) is 0 Å². The Hall–Kier alpha value is -1.10. The van der Waals surface area contributed by atoms with Crippen molar-refractivity contribution in [1.82, 2.24) is 0 Å². The molecule has 0 fully saturated rings. The second-order valence-electron chi connectivity index (χ2n) is 2.66. The maximum Gasteiger partial charge on any atom is 0.341 e. The molecule has 0 aliphatic carbocycles. The van der Waals surface area contributed by atoms with Crippen LogP contribution in [0.25, 0.3) is 0 Å². The number of benzene rings is 1. The molecule has 0 atom stereocenters. The fraction of sp³-hybridized carbons (Fsp3) is 0.300. The van der Waals surface area contributed by atoms with Crippen LogP contribution in [-0.2, 0) is 4.74 Å². The van der Waals surface area contributed by atoms with E-state index in [2.05, 4.69) is 4.74 Å². The van der Waals surface area contributed by atoms with Crippen LogP contribution in [0.3, 0.4) is 0 Å². The van der Waals surface area contributed by atoms with Crippen LogP contribution in [0.4, 0.5) is 8.78 Å². The smallest absolute Gasteiger partial charge is 0.341 e. The Balaban J connectivity index is 3.11.